The smallest absolute Gasteiger partial charge is 0.165 e. The van der Waals surface area contributed by atoms with Gasteiger partial charge < -0.3 is 4.79 Å². The predicted octanol–water partition coefficient (Wildman–Crippen LogP) is 3.88. The van der Waals surface area contributed by atoms with Gasteiger partial charge in [0.1, 0.15) is 5.78 Å². The number of aryl methyl sites for hydroxylation is 1. The van der Waals surface area contributed by atoms with Gasteiger partial charge in [-0.25, -0.2) is 0 Å². The van der Waals surface area contributed by atoms with Crippen LogP contribution in [0.25, 0.3) is 10.8 Å². The highest BCUT2D eigenvalue weighted by molar-refractivity contribution is 6.08. The van der Waals surface area contributed by atoms with Gasteiger partial charge in [0, 0.05) is 36.2 Å². The second kappa shape index (κ2) is 6.42. The van der Waals surface area contributed by atoms with Crippen molar-refractivity contribution in [1.82, 2.24) is 4.98 Å². The van der Waals surface area contributed by atoms with E-state index in [4.69, 9.17) is 0 Å². The molecule has 1 aromatic carbocycles. The maximum atomic E-state index is 12.3. The second-order valence-electron chi connectivity index (χ2n) is 5.19. The molecule has 3 heteroatoms. The molecule has 2 aromatic rings. The Hall–Kier alpha value is -2.03. The first-order valence-electron chi connectivity index (χ1n) is 6.95. The van der Waals surface area contributed by atoms with E-state index < -0.39 is 0 Å². The molecule has 0 atom stereocenters. The van der Waals surface area contributed by atoms with Crippen LogP contribution in [0.1, 0.15) is 48.5 Å². The molecule has 0 amide bonds. The zero-order valence-corrected chi connectivity index (χ0v) is 12.0. The Morgan fingerprint density at radius 2 is 1.85 bits per heavy atom. The van der Waals surface area contributed by atoms with E-state index >= 15 is 0 Å². The molecule has 104 valence electrons. The van der Waals surface area contributed by atoms with Crippen LogP contribution >= 0.6 is 0 Å². The van der Waals surface area contributed by atoms with E-state index in [-0.39, 0.29) is 11.6 Å². The summed E-state index contributed by atoms with van der Waals surface area (Å²) >= 11 is 0. The zero-order valence-electron chi connectivity index (χ0n) is 12.0. The number of unbranched alkanes of at least 4 members (excludes halogenated alkanes) is 1. The number of rotatable bonds is 6. The normalized spacial score (nSPS) is 10.7. The van der Waals surface area contributed by atoms with Crippen molar-refractivity contribution in [3.63, 3.8) is 0 Å². The molecule has 0 fully saturated rings. The summed E-state index contributed by atoms with van der Waals surface area (Å²) in [5, 5.41) is 2.00. The monoisotopic (exact) mass is 269 g/mol. The lowest BCUT2D eigenvalue weighted by atomic mass is 9.97. The molecule has 3 nitrogen and oxygen atoms in total. The van der Waals surface area contributed by atoms with Gasteiger partial charge >= 0.3 is 0 Å². The summed E-state index contributed by atoms with van der Waals surface area (Å²) in [6.07, 6.45) is 6.00. The molecule has 0 bridgehead atoms. The zero-order chi connectivity index (χ0) is 14.5. The van der Waals surface area contributed by atoms with E-state index in [1.54, 1.807) is 19.3 Å². The molecule has 0 spiro atoms. The molecule has 20 heavy (non-hydrogen) atoms. The van der Waals surface area contributed by atoms with Crippen molar-refractivity contribution in [2.75, 3.05) is 0 Å². The van der Waals surface area contributed by atoms with Crippen LogP contribution in [0.4, 0.5) is 0 Å². The number of pyridine rings is 1. The molecule has 1 aromatic heterocycles. The lowest BCUT2D eigenvalue weighted by molar-refractivity contribution is -0.117. The summed E-state index contributed by atoms with van der Waals surface area (Å²) in [6, 6.07) is 5.96. The third-order valence-electron chi connectivity index (χ3n) is 3.47. The fraction of sp³-hybridized carbons (Fsp3) is 0.353. The lowest BCUT2D eigenvalue weighted by Crippen LogP contribution is -2.02. The topological polar surface area (TPSA) is 47.0 Å². The van der Waals surface area contributed by atoms with Crippen molar-refractivity contribution in [2.24, 2.45) is 0 Å². The first kappa shape index (κ1) is 14.4. The number of hydrogen-bond donors (Lipinski definition) is 0. The van der Waals surface area contributed by atoms with Gasteiger partial charge in [-0.3, -0.25) is 9.78 Å². The Morgan fingerprint density at radius 1 is 1.10 bits per heavy atom. The van der Waals surface area contributed by atoms with E-state index in [2.05, 4.69) is 4.98 Å². The minimum absolute atomic E-state index is 0.112. The van der Waals surface area contributed by atoms with E-state index in [1.807, 2.05) is 25.1 Å². The minimum atomic E-state index is 0.112. The van der Waals surface area contributed by atoms with Crippen LogP contribution in [-0.4, -0.2) is 16.6 Å². The molecule has 0 radical (unpaired) electrons. The number of ketones is 2. The number of nitrogens with zero attached hydrogens (tertiary/aromatic N) is 1. The van der Waals surface area contributed by atoms with Gasteiger partial charge in [0.2, 0.25) is 0 Å². The van der Waals surface area contributed by atoms with Crippen LogP contribution in [0.2, 0.25) is 0 Å². The predicted molar refractivity (Wildman–Crippen MR) is 80.0 cm³/mol. The molecular weight excluding hydrogens is 250 g/mol. The SMILES string of the molecule is CC(=O)CCCCC(=O)c1cncc2cccc(C)c12. The fourth-order valence-corrected chi connectivity index (χ4v) is 2.43. The molecule has 1 heterocycles. The van der Waals surface area contributed by atoms with Crippen LogP contribution < -0.4 is 0 Å². The molecule has 0 aliphatic heterocycles. The van der Waals surface area contributed by atoms with Crippen molar-refractivity contribution in [3.05, 3.63) is 41.7 Å². The second-order valence-corrected chi connectivity index (χ2v) is 5.19. The summed E-state index contributed by atoms with van der Waals surface area (Å²) in [4.78, 5) is 27.4. The highest BCUT2D eigenvalue weighted by atomic mass is 16.1. The number of hydrogen-bond acceptors (Lipinski definition) is 3. The van der Waals surface area contributed by atoms with E-state index in [1.165, 1.54) is 0 Å². The largest absolute Gasteiger partial charge is 0.300 e. The van der Waals surface area contributed by atoms with Crippen LogP contribution in [0, 0.1) is 6.92 Å². The van der Waals surface area contributed by atoms with Gasteiger partial charge in [-0.05, 0) is 37.6 Å². The van der Waals surface area contributed by atoms with E-state index in [9.17, 15) is 9.59 Å². The summed E-state index contributed by atoms with van der Waals surface area (Å²) < 4.78 is 0. The van der Waals surface area contributed by atoms with Crippen molar-refractivity contribution >= 4 is 22.3 Å². The molecule has 0 unspecified atom stereocenters. The van der Waals surface area contributed by atoms with Crippen molar-refractivity contribution in [3.8, 4) is 0 Å². The van der Waals surface area contributed by atoms with Gasteiger partial charge in [-0.15, -0.1) is 0 Å². The van der Waals surface area contributed by atoms with Crippen molar-refractivity contribution in [2.45, 2.75) is 39.5 Å². The number of benzene rings is 1. The Labute approximate surface area is 119 Å². The van der Waals surface area contributed by atoms with Crippen LogP contribution in [0.5, 0.6) is 0 Å². The summed E-state index contributed by atoms with van der Waals surface area (Å²) in [7, 11) is 0. The number of aromatic nitrogens is 1. The standard InChI is InChI=1S/C17H19NO2/c1-12-6-5-8-14-10-18-11-15(17(12)14)16(20)9-4-3-7-13(2)19/h5-6,8,10-11H,3-4,7,9H2,1-2H3. The fourth-order valence-electron chi connectivity index (χ4n) is 2.43. The van der Waals surface area contributed by atoms with Crippen LogP contribution in [0.3, 0.4) is 0 Å². The first-order chi connectivity index (χ1) is 9.59. The van der Waals surface area contributed by atoms with Gasteiger partial charge in [0.25, 0.3) is 0 Å². The number of carbonyl (C=O) groups is 2. The Bertz CT molecular complexity index is 641. The summed E-state index contributed by atoms with van der Waals surface area (Å²) in [6.45, 7) is 3.59. The Kier molecular flexibility index (Phi) is 4.61. The van der Waals surface area contributed by atoms with Gasteiger partial charge in [0.15, 0.2) is 5.78 Å². The molecule has 0 saturated carbocycles. The number of carbonyl (C=O) groups excluding carboxylic acids is 2. The van der Waals surface area contributed by atoms with Crippen LogP contribution in [-0.2, 0) is 4.79 Å². The summed E-state index contributed by atoms with van der Waals surface area (Å²) in [5.74, 6) is 0.293. The minimum Gasteiger partial charge on any atom is -0.300 e. The lowest BCUT2D eigenvalue weighted by Gasteiger charge is -2.07. The third-order valence-corrected chi connectivity index (χ3v) is 3.47. The van der Waals surface area contributed by atoms with Gasteiger partial charge in [-0.2, -0.15) is 0 Å². The Morgan fingerprint density at radius 3 is 2.60 bits per heavy atom. The molecule has 0 aliphatic carbocycles. The quantitative estimate of drug-likeness (QED) is 0.590. The average molecular weight is 269 g/mol. The third kappa shape index (κ3) is 3.29. The Balaban J connectivity index is 2.16. The number of Topliss-reactive ketones (excluding diaryl/α,β-unsaturated/α-hetero) is 2. The summed E-state index contributed by atoms with van der Waals surface area (Å²) in [5.41, 5.74) is 1.79. The molecular formula is C17H19NO2. The number of fused-ring (bicyclic) bond motifs is 1. The van der Waals surface area contributed by atoms with Gasteiger partial charge in [0.05, 0.1) is 0 Å². The molecule has 0 aliphatic rings. The first-order valence-corrected chi connectivity index (χ1v) is 6.95. The van der Waals surface area contributed by atoms with Gasteiger partial charge in [-0.1, -0.05) is 18.2 Å². The van der Waals surface area contributed by atoms with E-state index in [0.29, 0.717) is 18.4 Å². The maximum Gasteiger partial charge on any atom is 0.165 e. The molecule has 0 N–H and O–H groups in total. The highest BCUT2D eigenvalue weighted by Gasteiger charge is 2.12. The van der Waals surface area contributed by atoms with Crippen molar-refractivity contribution in [1.29, 1.82) is 0 Å². The van der Waals surface area contributed by atoms with Crippen LogP contribution in [0.15, 0.2) is 30.6 Å². The van der Waals surface area contributed by atoms with Crippen molar-refractivity contribution < 1.29 is 9.59 Å². The molecule has 0 saturated heterocycles. The van der Waals surface area contributed by atoms with E-state index in [0.717, 1.165) is 29.2 Å². The molecule has 2 rings (SSSR count). The average Bonchev–Trinajstić information content (AvgIpc) is 2.43. The highest BCUT2D eigenvalue weighted by Crippen LogP contribution is 2.23. The maximum absolute atomic E-state index is 12.3.